The van der Waals surface area contributed by atoms with Gasteiger partial charge in [-0.25, -0.2) is 13.4 Å². The quantitative estimate of drug-likeness (QED) is 0.571. The average molecular weight is 455 g/mol. The van der Waals surface area contributed by atoms with Crippen molar-refractivity contribution in [2.45, 2.75) is 24.2 Å². The van der Waals surface area contributed by atoms with Crippen LogP contribution in [-0.4, -0.2) is 54.7 Å². The first-order chi connectivity index (χ1) is 15.0. The maximum absolute atomic E-state index is 12.8. The second-order valence-corrected chi connectivity index (χ2v) is 10.4. The van der Waals surface area contributed by atoms with E-state index in [1.54, 1.807) is 16.2 Å². The van der Waals surface area contributed by atoms with Gasteiger partial charge in [0.05, 0.1) is 31.8 Å². The van der Waals surface area contributed by atoms with Crippen LogP contribution in [0.5, 0.6) is 0 Å². The van der Waals surface area contributed by atoms with E-state index in [9.17, 15) is 13.2 Å². The summed E-state index contributed by atoms with van der Waals surface area (Å²) in [6.07, 6.45) is 1.92. The molecule has 2 aromatic carbocycles. The molecule has 4 rings (SSSR count). The minimum atomic E-state index is -3.62. The number of hydrogen-bond acceptors (Lipinski definition) is 6. The number of sulfonamides is 1. The fraction of sp³-hybridized carbons (Fsp3) is 0.318. The molecular weight excluding hydrogens is 432 g/mol. The summed E-state index contributed by atoms with van der Waals surface area (Å²) in [4.78, 5) is 19.1. The Bertz CT molecular complexity index is 1190. The van der Waals surface area contributed by atoms with Gasteiger partial charge < -0.3 is 4.90 Å². The molecule has 1 saturated heterocycles. The molecule has 0 bridgehead atoms. The van der Waals surface area contributed by atoms with Crippen LogP contribution in [0.15, 0.2) is 53.4 Å². The number of fused-ring (bicyclic) bond motifs is 1. The normalized spacial score (nSPS) is 15.1. The summed E-state index contributed by atoms with van der Waals surface area (Å²) in [6, 6.07) is 15.9. The molecule has 0 unspecified atom stereocenters. The first-order valence-electron chi connectivity index (χ1n) is 10.1. The Labute approximate surface area is 185 Å². The summed E-state index contributed by atoms with van der Waals surface area (Å²) >= 11 is 1.66. The number of benzene rings is 2. The number of nitriles is 1. The standard InChI is InChI=1S/C22H22N4O3S2/c23-16-17-8-10-18(11-9-17)31(28,29)26-14-12-25(13-15-26)22(27)7-3-6-21-24-19-4-1-2-5-20(19)30-21/h1-2,4-5,8-11H,3,6-7,12-15H2. The minimum absolute atomic E-state index is 0.0523. The van der Waals surface area contributed by atoms with Crippen molar-refractivity contribution in [2.75, 3.05) is 26.2 Å². The number of carbonyl (C=O) groups excluding carboxylic acids is 1. The van der Waals surface area contributed by atoms with E-state index in [1.807, 2.05) is 30.3 Å². The van der Waals surface area contributed by atoms with Crippen molar-refractivity contribution in [3.05, 3.63) is 59.1 Å². The van der Waals surface area contributed by atoms with Gasteiger partial charge >= 0.3 is 0 Å². The van der Waals surface area contributed by atoms with Crippen molar-refractivity contribution >= 4 is 37.5 Å². The van der Waals surface area contributed by atoms with E-state index in [1.165, 1.54) is 28.6 Å². The number of piperazine rings is 1. The lowest BCUT2D eigenvalue weighted by atomic mass is 10.2. The van der Waals surface area contributed by atoms with E-state index in [0.29, 0.717) is 25.1 Å². The van der Waals surface area contributed by atoms with Crippen molar-refractivity contribution in [3.8, 4) is 6.07 Å². The summed E-state index contributed by atoms with van der Waals surface area (Å²) in [5.41, 5.74) is 1.41. The van der Waals surface area contributed by atoms with E-state index in [-0.39, 0.29) is 23.9 Å². The van der Waals surface area contributed by atoms with Crippen molar-refractivity contribution < 1.29 is 13.2 Å². The average Bonchev–Trinajstić information content (AvgIpc) is 3.22. The lowest BCUT2D eigenvalue weighted by Gasteiger charge is -2.34. The fourth-order valence-electron chi connectivity index (χ4n) is 3.60. The Morgan fingerprint density at radius 2 is 1.77 bits per heavy atom. The summed E-state index contributed by atoms with van der Waals surface area (Å²) in [5.74, 6) is 0.0523. The topological polar surface area (TPSA) is 94.4 Å². The number of thiazole rings is 1. The molecule has 0 saturated carbocycles. The lowest BCUT2D eigenvalue weighted by molar-refractivity contribution is -0.132. The van der Waals surface area contributed by atoms with Crippen molar-refractivity contribution in [1.29, 1.82) is 5.26 Å². The highest BCUT2D eigenvalue weighted by atomic mass is 32.2. The number of aryl methyl sites for hydroxylation is 1. The molecule has 1 aliphatic rings. The molecule has 1 aromatic heterocycles. The predicted molar refractivity (Wildman–Crippen MR) is 119 cm³/mol. The second kappa shape index (κ2) is 9.14. The van der Waals surface area contributed by atoms with E-state index in [4.69, 9.17) is 5.26 Å². The molecule has 9 heteroatoms. The number of nitrogens with zero attached hydrogens (tertiary/aromatic N) is 4. The van der Waals surface area contributed by atoms with Gasteiger partial charge in [-0.2, -0.15) is 9.57 Å². The monoisotopic (exact) mass is 454 g/mol. The molecule has 1 aliphatic heterocycles. The predicted octanol–water partition coefficient (Wildman–Crippen LogP) is 3.02. The van der Waals surface area contributed by atoms with Crippen LogP contribution in [0.1, 0.15) is 23.4 Å². The molecule has 0 N–H and O–H groups in total. The molecule has 0 atom stereocenters. The Kier molecular flexibility index (Phi) is 6.32. The smallest absolute Gasteiger partial charge is 0.243 e. The molecule has 2 heterocycles. The highest BCUT2D eigenvalue weighted by Crippen LogP contribution is 2.23. The van der Waals surface area contributed by atoms with Gasteiger partial charge in [0.25, 0.3) is 0 Å². The van der Waals surface area contributed by atoms with E-state index in [2.05, 4.69) is 4.98 Å². The zero-order valence-corrected chi connectivity index (χ0v) is 18.5. The van der Waals surface area contributed by atoms with Gasteiger partial charge in [-0.15, -0.1) is 11.3 Å². The van der Waals surface area contributed by atoms with Gasteiger partial charge in [0.1, 0.15) is 0 Å². The first kappa shape index (κ1) is 21.4. The van der Waals surface area contributed by atoms with Crippen LogP contribution in [0.25, 0.3) is 10.2 Å². The summed E-state index contributed by atoms with van der Waals surface area (Å²) in [6.45, 7) is 1.31. The summed E-state index contributed by atoms with van der Waals surface area (Å²) < 4.78 is 28.2. The number of rotatable bonds is 6. The van der Waals surface area contributed by atoms with E-state index < -0.39 is 10.0 Å². The number of hydrogen-bond donors (Lipinski definition) is 0. The number of aromatic nitrogens is 1. The third-order valence-corrected chi connectivity index (χ3v) is 8.34. The minimum Gasteiger partial charge on any atom is -0.340 e. The zero-order chi connectivity index (χ0) is 21.8. The SMILES string of the molecule is N#Cc1ccc(S(=O)(=O)N2CCN(C(=O)CCCc3nc4ccccc4s3)CC2)cc1. The van der Waals surface area contributed by atoms with Crippen LogP contribution in [0.2, 0.25) is 0 Å². The number of para-hydroxylation sites is 1. The molecule has 7 nitrogen and oxygen atoms in total. The Balaban J connectivity index is 1.27. The number of amides is 1. The third-order valence-electron chi connectivity index (χ3n) is 5.33. The van der Waals surface area contributed by atoms with Crippen LogP contribution < -0.4 is 0 Å². The molecule has 0 aliphatic carbocycles. The molecule has 1 amide bonds. The molecule has 3 aromatic rings. The van der Waals surface area contributed by atoms with Gasteiger partial charge in [0.15, 0.2) is 0 Å². The molecular formula is C22H22N4O3S2. The highest BCUT2D eigenvalue weighted by molar-refractivity contribution is 7.89. The van der Waals surface area contributed by atoms with Gasteiger partial charge in [-0.3, -0.25) is 4.79 Å². The first-order valence-corrected chi connectivity index (χ1v) is 12.4. The van der Waals surface area contributed by atoms with Gasteiger partial charge in [-0.05, 0) is 49.2 Å². The second-order valence-electron chi connectivity index (χ2n) is 7.35. The van der Waals surface area contributed by atoms with E-state index in [0.717, 1.165) is 28.1 Å². The fourth-order valence-corrected chi connectivity index (χ4v) is 6.04. The molecule has 0 spiro atoms. The van der Waals surface area contributed by atoms with Crippen LogP contribution in [0, 0.1) is 11.3 Å². The molecule has 0 radical (unpaired) electrons. The third kappa shape index (κ3) is 4.77. The van der Waals surface area contributed by atoms with E-state index >= 15 is 0 Å². The Morgan fingerprint density at radius 3 is 2.45 bits per heavy atom. The van der Waals surface area contributed by atoms with Crippen LogP contribution in [-0.2, 0) is 21.2 Å². The number of carbonyl (C=O) groups is 1. The van der Waals surface area contributed by atoms with Crippen molar-refractivity contribution in [1.82, 2.24) is 14.2 Å². The largest absolute Gasteiger partial charge is 0.340 e. The molecule has 31 heavy (non-hydrogen) atoms. The Hall–Kier alpha value is -2.80. The zero-order valence-electron chi connectivity index (χ0n) is 16.9. The van der Waals surface area contributed by atoms with Gasteiger partial charge in [0.2, 0.25) is 15.9 Å². The van der Waals surface area contributed by atoms with Crippen LogP contribution in [0.3, 0.4) is 0 Å². The summed E-state index contributed by atoms with van der Waals surface area (Å²) in [7, 11) is -3.62. The van der Waals surface area contributed by atoms with Gasteiger partial charge in [0, 0.05) is 32.6 Å². The molecule has 160 valence electrons. The van der Waals surface area contributed by atoms with Crippen molar-refractivity contribution in [3.63, 3.8) is 0 Å². The highest BCUT2D eigenvalue weighted by Gasteiger charge is 2.29. The van der Waals surface area contributed by atoms with Crippen molar-refractivity contribution in [2.24, 2.45) is 0 Å². The maximum Gasteiger partial charge on any atom is 0.243 e. The van der Waals surface area contributed by atoms with Gasteiger partial charge in [-0.1, -0.05) is 12.1 Å². The lowest BCUT2D eigenvalue weighted by Crippen LogP contribution is -2.50. The molecule has 1 fully saturated rings. The maximum atomic E-state index is 12.8. The van der Waals surface area contributed by atoms with Crippen LogP contribution in [0.4, 0.5) is 0 Å². The van der Waals surface area contributed by atoms with Crippen LogP contribution >= 0.6 is 11.3 Å². The Morgan fingerprint density at radius 1 is 1.06 bits per heavy atom. The summed E-state index contributed by atoms with van der Waals surface area (Å²) in [5, 5.41) is 9.90.